The van der Waals surface area contributed by atoms with E-state index in [1.807, 2.05) is 38.1 Å². The molecule has 1 atom stereocenters. The average molecular weight is 414 g/mol. The quantitative estimate of drug-likeness (QED) is 0.501. The molecule has 1 amide bonds. The monoisotopic (exact) mass is 414 g/mol. The lowest BCUT2D eigenvalue weighted by Gasteiger charge is -2.21. The average Bonchev–Trinajstić information content (AvgIpc) is 2.77. The van der Waals surface area contributed by atoms with Crippen molar-refractivity contribution in [1.82, 2.24) is 5.32 Å². The molecule has 1 N–H and O–H groups in total. The highest BCUT2D eigenvalue weighted by Gasteiger charge is 2.16. The smallest absolute Gasteiger partial charge is 0.261 e. The summed E-state index contributed by atoms with van der Waals surface area (Å²) < 4.78 is 21.9. The van der Waals surface area contributed by atoms with Crippen LogP contribution >= 0.6 is 0 Å². The third-order valence-electron chi connectivity index (χ3n) is 4.40. The lowest BCUT2D eigenvalue weighted by atomic mass is 10.1. The van der Waals surface area contributed by atoms with Gasteiger partial charge in [-0.05, 0) is 49.7 Å². The van der Waals surface area contributed by atoms with Crippen molar-refractivity contribution in [3.05, 3.63) is 47.5 Å². The highest BCUT2D eigenvalue weighted by atomic mass is 16.6. The summed E-state index contributed by atoms with van der Waals surface area (Å²) in [6.45, 7) is 5.20. The van der Waals surface area contributed by atoms with E-state index in [1.54, 1.807) is 19.2 Å². The molecule has 30 heavy (non-hydrogen) atoms. The summed E-state index contributed by atoms with van der Waals surface area (Å²) in [6, 6.07) is 10.8. The minimum atomic E-state index is -0.279. The predicted octanol–water partition coefficient (Wildman–Crippen LogP) is 3.09. The van der Waals surface area contributed by atoms with Crippen LogP contribution in [0, 0.1) is 0 Å². The summed E-state index contributed by atoms with van der Waals surface area (Å²) in [5.41, 5.74) is 1.68. The van der Waals surface area contributed by atoms with Gasteiger partial charge in [0, 0.05) is 5.56 Å². The highest BCUT2D eigenvalue weighted by Crippen LogP contribution is 2.32. The van der Waals surface area contributed by atoms with Crippen molar-refractivity contribution in [1.29, 1.82) is 0 Å². The van der Waals surface area contributed by atoms with Gasteiger partial charge in [-0.15, -0.1) is 0 Å². The molecule has 0 fully saturated rings. The molecule has 0 spiro atoms. The molecule has 0 aromatic heterocycles. The lowest BCUT2D eigenvalue weighted by Crippen LogP contribution is -2.29. The number of ether oxygens (including phenoxy) is 4. The van der Waals surface area contributed by atoms with Gasteiger partial charge < -0.3 is 29.1 Å². The van der Waals surface area contributed by atoms with Crippen LogP contribution in [0.3, 0.4) is 0 Å². The number of nitrogens with zero attached hydrogens (tertiary/aromatic N) is 1. The molecule has 8 nitrogen and oxygen atoms in total. The number of amides is 1. The highest BCUT2D eigenvalue weighted by molar-refractivity contribution is 5.81. The Morgan fingerprint density at radius 3 is 2.73 bits per heavy atom. The molecule has 0 aliphatic carbocycles. The Kier molecular flexibility index (Phi) is 7.37. The van der Waals surface area contributed by atoms with Crippen molar-refractivity contribution in [2.24, 2.45) is 5.16 Å². The second-order valence-corrected chi connectivity index (χ2v) is 6.54. The van der Waals surface area contributed by atoms with E-state index >= 15 is 0 Å². The maximum atomic E-state index is 12.1. The van der Waals surface area contributed by atoms with Crippen molar-refractivity contribution in [3.8, 4) is 23.0 Å². The molecule has 0 saturated carbocycles. The Morgan fingerprint density at radius 2 is 1.97 bits per heavy atom. The molecule has 0 bridgehead atoms. The molecule has 0 saturated heterocycles. The van der Waals surface area contributed by atoms with E-state index in [4.69, 9.17) is 23.8 Å². The Hall–Kier alpha value is -3.42. The first-order valence-electron chi connectivity index (χ1n) is 9.75. The van der Waals surface area contributed by atoms with Crippen molar-refractivity contribution in [2.75, 3.05) is 33.5 Å². The van der Waals surface area contributed by atoms with E-state index < -0.39 is 0 Å². The fraction of sp³-hybridized carbons (Fsp3) is 0.364. The van der Waals surface area contributed by atoms with Gasteiger partial charge in [-0.1, -0.05) is 11.2 Å². The minimum Gasteiger partial charge on any atom is -0.493 e. The first-order valence-corrected chi connectivity index (χ1v) is 9.75. The zero-order valence-electron chi connectivity index (χ0n) is 17.3. The zero-order valence-corrected chi connectivity index (χ0v) is 17.3. The molecule has 1 heterocycles. The van der Waals surface area contributed by atoms with E-state index in [0.717, 1.165) is 11.1 Å². The van der Waals surface area contributed by atoms with E-state index in [0.29, 0.717) is 42.8 Å². The van der Waals surface area contributed by atoms with Crippen molar-refractivity contribution in [3.63, 3.8) is 0 Å². The van der Waals surface area contributed by atoms with Gasteiger partial charge in [0.1, 0.15) is 13.2 Å². The van der Waals surface area contributed by atoms with Gasteiger partial charge in [0.2, 0.25) is 0 Å². The maximum absolute atomic E-state index is 12.1. The Bertz CT molecular complexity index is 899. The number of rotatable bonds is 9. The number of fused-ring (bicyclic) bond motifs is 1. The molecule has 1 aliphatic heterocycles. The molecule has 8 heteroatoms. The lowest BCUT2D eigenvalue weighted by molar-refractivity contribution is -0.126. The molecule has 2 aromatic rings. The van der Waals surface area contributed by atoms with Crippen molar-refractivity contribution >= 4 is 12.1 Å². The predicted molar refractivity (Wildman–Crippen MR) is 112 cm³/mol. The topological polar surface area (TPSA) is 87.6 Å². The van der Waals surface area contributed by atoms with Crippen LogP contribution in [0.4, 0.5) is 0 Å². The molecular weight excluding hydrogens is 388 g/mol. The normalized spacial score (nSPS) is 13.6. The van der Waals surface area contributed by atoms with Gasteiger partial charge in [0.05, 0.1) is 26.0 Å². The number of oxime groups is 1. The summed E-state index contributed by atoms with van der Waals surface area (Å²) in [4.78, 5) is 17.3. The van der Waals surface area contributed by atoms with Gasteiger partial charge in [-0.2, -0.15) is 0 Å². The molecule has 160 valence electrons. The summed E-state index contributed by atoms with van der Waals surface area (Å²) in [5.74, 6) is 2.38. The number of methoxy groups -OCH3 is 1. The van der Waals surface area contributed by atoms with Gasteiger partial charge in [0.15, 0.2) is 29.6 Å². The second kappa shape index (κ2) is 10.4. The van der Waals surface area contributed by atoms with Crippen LogP contribution in [0.1, 0.15) is 31.0 Å². The standard InChI is InChI=1S/C22H26N2O6/c1-4-27-18-7-5-16(11-20(18)26-3)13-23-30-14-22(25)24-15(2)17-6-8-19-21(12-17)29-10-9-28-19/h5-8,11-13,15H,4,9-10,14H2,1-3H3,(H,24,25)/b23-13+. The van der Waals surface area contributed by atoms with Gasteiger partial charge in [-0.25, -0.2) is 0 Å². The van der Waals surface area contributed by atoms with Crippen LogP contribution in [0.2, 0.25) is 0 Å². The third-order valence-corrected chi connectivity index (χ3v) is 4.40. The number of carbonyl (C=O) groups is 1. The minimum absolute atomic E-state index is 0.195. The van der Waals surface area contributed by atoms with Crippen LogP contribution in [-0.2, 0) is 9.63 Å². The molecule has 2 aromatic carbocycles. The summed E-state index contributed by atoms with van der Waals surface area (Å²) in [7, 11) is 1.57. The Labute approximate surface area is 175 Å². The Morgan fingerprint density at radius 1 is 1.17 bits per heavy atom. The molecule has 0 radical (unpaired) electrons. The van der Waals surface area contributed by atoms with E-state index in [1.165, 1.54) is 6.21 Å². The van der Waals surface area contributed by atoms with Crippen LogP contribution in [0.25, 0.3) is 0 Å². The molecule has 1 aliphatic rings. The largest absolute Gasteiger partial charge is 0.493 e. The van der Waals surface area contributed by atoms with E-state index in [2.05, 4.69) is 10.5 Å². The Balaban J connectivity index is 1.48. The van der Waals surface area contributed by atoms with Crippen LogP contribution in [0.5, 0.6) is 23.0 Å². The number of hydrogen-bond acceptors (Lipinski definition) is 7. The number of benzene rings is 2. The molecule has 1 unspecified atom stereocenters. The zero-order chi connectivity index (χ0) is 21.3. The van der Waals surface area contributed by atoms with Gasteiger partial charge >= 0.3 is 0 Å². The third kappa shape index (κ3) is 5.56. The van der Waals surface area contributed by atoms with Gasteiger partial charge in [0.25, 0.3) is 5.91 Å². The number of hydrogen-bond donors (Lipinski definition) is 1. The van der Waals surface area contributed by atoms with Crippen LogP contribution < -0.4 is 24.3 Å². The first-order chi connectivity index (χ1) is 14.6. The molecular formula is C22H26N2O6. The number of nitrogens with one attached hydrogen (secondary N) is 1. The van der Waals surface area contributed by atoms with Crippen molar-refractivity contribution < 1.29 is 28.6 Å². The maximum Gasteiger partial charge on any atom is 0.261 e. The second-order valence-electron chi connectivity index (χ2n) is 6.54. The summed E-state index contributed by atoms with van der Waals surface area (Å²) in [5, 5.41) is 6.72. The van der Waals surface area contributed by atoms with E-state index in [9.17, 15) is 4.79 Å². The van der Waals surface area contributed by atoms with E-state index in [-0.39, 0.29) is 18.6 Å². The van der Waals surface area contributed by atoms with Crippen molar-refractivity contribution in [2.45, 2.75) is 19.9 Å². The summed E-state index contributed by atoms with van der Waals surface area (Å²) in [6.07, 6.45) is 1.51. The summed E-state index contributed by atoms with van der Waals surface area (Å²) >= 11 is 0. The number of carbonyl (C=O) groups excluding carboxylic acids is 1. The first kappa shape index (κ1) is 21.3. The molecule has 3 rings (SSSR count). The fourth-order valence-corrected chi connectivity index (χ4v) is 2.93. The van der Waals surface area contributed by atoms with Crippen LogP contribution in [0.15, 0.2) is 41.6 Å². The van der Waals surface area contributed by atoms with Gasteiger partial charge in [-0.3, -0.25) is 4.79 Å². The fourth-order valence-electron chi connectivity index (χ4n) is 2.93. The SMILES string of the molecule is CCOc1ccc(/C=N/OCC(=O)NC(C)c2ccc3c(c2)OCCO3)cc1OC. The van der Waals surface area contributed by atoms with Crippen LogP contribution in [-0.4, -0.2) is 45.7 Å².